The van der Waals surface area contributed by atoms with E-state index in [1.807, 2.05) is 0 Å². The van der Waals surface area contributed by atoms with E-state index in [9.17, 15) is 24.5 Å². The number of esters is 1. The standard InChI is InChI=1S/C17H24N4O7/c1-17(2,3)28-16(24)20-13(5-4-10-19-15(18)23)14(22)27-12-8-6-11(7-9-12)21(25)26/h6-9,13H,4-5,10H2,1-3H3,(H,20,24)(H3,18,19,23)/t13-/m1/s1. The highest BCUT2D eigenvalue weighted by molar-refractivity contribution is 5.83. The van der Waals surface area contributed by atoms with Gasteiger partial charge in [0, 0.05) is 18.7 Å². The molecule has 28 heavy (non-hydrogen) atoms. The quantitative estimate of drug-likeness (QED) is 0.198. The molecule has 1 rings (SSSR count). The van der Waals surface area contributed by atoms with Gasteiger partial charge in [-0.1, -0.05) is 0 Å². The van der Waals surface area contributed by atoms with Crippen molar-refractivity contribution in [1.29, 1.82) is 0 Å². The number of hydrogen-bond acceptors (Lipinski definition) is 7. The van der Waals surface area contributed by atoms with Gasteiger partial charge in [0.2, 0.25) is 0 Å². The molecule has 0 unspecified atom stereocenters. The lowest BCUT2D eigenvalue weighted by Gasteiger charge is -2.23. The van der Waals surface area contributed by atoms with E-state index in [4.69, 9.17) is 15.2 Å². The summed E-state index contributed by atoms with van der Waals surface area (Å²) in [5, 5.41) is 15.5. The first kappa shape index (κ1) is 22.7. The maximum atomic E-state index is 12.4. The molecule has 0 aromatic heterocycles. The van der Waals surface area contributed by atoms with Gasteiger partial charge in [0.1, 0.15) is 17.4 Å². The highest BCUT2D eigenvalue weighted by atomic mass is 16.6. The van der Waals surface area contributed by atoms with Crippen LogP contribution in [0.1, 0.15) is 33.6 Å². The number of benzene rings is 1. The normalized spacial score (nSPS) is 11.8. The summed E-state index contributed by atoms with van der Waals surface area (Å²) < 4.78 is 10.3. The van der Waals surface area contributed by atoms with Crippen molar-refractivity contribution in [2.45, 2.75) is 45.3 Å². The fourth-order valence-electron chi connectivity index (χ4n) is 2.04. The molecule has 0 fully saturated rings. The van der Waals surface area contributed by atoms with Crippen LogP contribution in [0.3, 0.4) is 0 Å². The molecule has 0 bridgehead atoms. The maximum Gasteiger partial charge on any atom is 0.408 e. The van der Waals surface area contributed by atoms with E-state index in [1.165, 1.54) is 24.3 Å². The van der Waals surface area contributed by atoms with Crippen LogP contribution < -0.4 is 21.1 Å². The maximum absolute atomic E-state index is 12.4. The number of nitro benzene ring substituents is 1. The molecule has 0 aliphatic heterocycles. The monoisotopic (exact) mass is 396 g/mol. The Morgan fingerprint density at radius 3 is 2.32 bits per heavy atom. The van der Waals surface area contributed by atoms with E-state index in [1.54, 1.807) is 20.8 Å². The van der Waals surface area contributed by atoms with Crippen molar-refractivity contribution >= 4 is 23.8 Å². The first-order valence-electron chi connectivity index (χ1n) is 8.47. The van der Waals surface area contributed by atoms with E-state index >= 15 is 0 Å². The summed E-state index contributed by atoms with van der Waals surface area (Å²) in [6.07, 6.45) is -0.328. The minimum Gasteiger partial charge on any atom is -0.444 e. The molecule has 0 saturated heterocycles. The Kier molecular flexibility index (Phi) is 8.17. The lowest BCUT2D eigenvalue weighted by molar-refractivity contribution is -0.384. The number of amides is 3. The molecule has 154 valence electrons. The Labute approximate surface area is 161 Å². The molecule has 0 spiro atoms. The molecule has 0 saturated carbocycles. The van der Waals surface area contributed by atoms with Gasteiger partial charge in [-0.05, 0) is 45.7 Å². The van der Waals surface area contributed by atoms with Crippen LogP contribution in [0.5, 0.6) is 5.75 Å². The Balaban J connectivity index is 2.76. The zero-order valence-electron chi connectivity index (χ0n) is 15.9. The summed E-state index contributed by atoms with van der Waals surface area (Å²) in [7, 11) is 0. The number of nitro groups is 1. The minimum absolute atomic E-state index is 0.0850. The average molecular weight is 396 g/mol. The lowest BCUT2D eigenvalue weighted by atomic mass is 10.1. The summed E-state index contributed by atoms with van der Waals surface area (Å²) in [5.41, 5.74) is 4.06. The fourth-order valence-corrected chi connectivity index (χ4v) is 2.04. The number of hydrogen-bond donors (Lipinski definition) is 3. The van der Waals surface area contributed by atoms with Gasteiger partial charge < -0.3 is 25.8 Å². The van der Waals surface area contributed by atoms with Gasteiger partial charge in [0.05, 0.1) is 4.92 Å². The Morgan fingerprint density at radius 2 is 1.82 bits per heavy atom. The van der Waals surface area contributed by atoms with Gasteiger partial charge in [-0.25, -0.2) is 14.4 Å². The first-order chi connectivity index (χ1) is 13.0. The number of rotatable bonds is 8. The van der Waals surface area contributed by atoms with Crippen molar-refractivity contribution in [2.24, 2.45) is 5.73 Å². The highest BCUT2D eigenvalue weighted by Gasteiger charge is 2.26. The lowest BCUT2D eigenvalue weighted by Crippen LogP contribution is -2.45. The number of primary amides is 1. The second-order valence-corrected chi connectivity index (χ2v) is 6.80. The number of carbonyl (C=O) groups is 3. The zero-order valence-corrected chi connectivity index (χ0v) is 15.9. The van der Waals surface area contributed by atoms with Crippen molar-refractivity contribution in [3.05, 3.63) is 34.4 Å². The average Bonchev–Trinajstić information content (AvgIpc) is 2.56. The number of carbonyl (C=O) groups excluding carboxylic acids is 3. The Bertz CT molecular complexity index is 713. The van der Waals surface area contributed by atoms with Crippen molar-refractivity contribution < 1.29 is 28.8 Å². The number of nitrogens with zero attached hydrogens (tertiary/aromatic N) is 1. The number of ether oxygens (including phenoxy) is 2. The first-order valence-corrected chi connectivity index (χ1v) is 8.47. The molecular formula is C17H24N4O7. The van der Waals surface area contributed by atoms with Gasteiger partial charge in [0.15, 0.2) is 0 Å². The van der Waals surface area contributed by atoms with Gasteiger partial charge in [-0.2, -0.15) is 0 Å². The molecule has 11 heteroatoms. The van der Waals surface area contributed by atoms with Crippen LogP contribution in [-0.2, 0) is 9.53 Å². The molecule has 4 N–H and O–H groups in total. The molecule has 11 nitrogen and oxygen atoms in total. The second kappa shape index (κ2) is 10.1. The van der Waals surface area contributed by atoms with E-state index in [0.29, 0.717) is 6.42 Å². The molecule has 0 aliphatic carbocycles. The zero-order chi connectivity index (χ0) is 21.3. The fraction of sp³-hybridized carbons (Fsp3) is 0.471. The van der Waals surface area contributed by atoms with Crippen LogP contribution in [0.25, 0.3) is 0 Å². The largest absolute Gasteiger partial charge is 0.444 e. The topological polar surface area (TPSA) is 163 Å². The molecule has 0 radical (unpaired) electrons. The molecular weight excluding hydrogens is 372 g/mol. The smallest absolute Gasteiger partial charge is 0.408 e. The predicted molar refractivity (Wildman–Crippen MR) is 98.7 cm³/mol. The van der Waals surface area contributed by atoms with Gasteiger partial charge in [0.25, 0.3) is 5.69 Å². The Morgan fingerprint density at radius 1 is 1.21 bits per heavy atom. The van der Waals surface area contributed by atoms with Crippen LogP contribution in [0, 0.1) is 10.1 Å². The molecule has 1 aromatic carbocycles. The SMILES string of the molecule is CC(C)(C)OC(=O)N[C@H](CCCNC(N)=O)C(=O)Oc1ccc([N+](=O)[O-])cc1. The van der Waals surface area contributed by atoms with Gasteiger partial charge in [-0.3, -0.25) is 10.1 Å². The van der Waals surface area contributed by atoms with E-state index in [2.05, 4.69) is 10.6 Å². The number of nitrogens with two attached hydrogens (primary N) is 1. The van der Waals surface area contributed by atoms with E-state index in [-0.39, 0.29) is 24.4 Å². The van der Waals surface area contributed by atoms with Crippen molar-refractivity contribution in [2.75, 3.05) is 6.54 Å². The third-order valence-corrected chi connectivity index (χ3v) is 3.21. The van der Waals surface area contributed by atoms with Crippen LogP contribution in [0.15, 0.2) is 24.3 Å². The summed E-state index contributed by atoms with van der Waals surface area (Å²) in [6.45, 7) is 5.22. The summed E-state index contributed by atoms with van der Waals surface area (Å²) in [5.74, 6) is -0.694. The van der Waals surface area contributed by atoms with Crippen LogP contribution in [0.4, 0.5) is 15.3 Å². The van der Waals surface area contributed by atoms with Gasteiger partial charge in [-0.15, -0.1) is 0 Å². The third-order valence-electron chi connectivity index (χ3n) is 3.21. The minimum atomic E-state index is -1.06. The molecule has 0 heterocycles. The second-order valence-electron chi connectivity index (χ2n) is 6.80. The van der Waals surface area contributed by atoms with E-state index < -0.39 is 34.7 Å². The Hall–Kier alpha value is -3.37. The molecule has 0 aliphatic rings. The number of urea groups is 1. The van der Waals surface area contributed by atoms with Crippen LogP contribution in [-0.4, -0.2) is 41.2 Å². The number of non-ortho nitro benzene ring substituents is 1. The summed E-state index contributed by atoms with van der Waals surface area (Å²) in [6, 6.07) is 3.17. The summed E-state index contributed by atoms with van der Waals surface area (Å²) in [4.78, 5) is 45.2. The van der Waals surface area contributed by atoms with E-state index in [0.717, 1.165) is 0 Å². The molecule has 1 atom stereocenters. The van der Waals surface area contributed by atoms with Crippen molar-refractivity contribution in [1.82, 2.24) is 10.6 Å². The molecule has 1 aromatic rings. The van der Waals surface area contributed by atoms with Crippen LogP contribution >= 0.6 is 0 Å². The number of alkyl carbamates (subject to hydrolysis) is 1. The summed E-state index contributed by atoms with van der Waals surface area (Å²) >= 11 is 0. The number of nitrogens with one attached hydrogen (secondary N) is 2. The van der Waals surface area contributed by atoms with Crippen molar-refractivity contribution in [3.8, 4) is 5.75 Å². The van der Waals surface area contributed by atoms with Crippen LogP contribution in [0.2, 0.25) is 0 Å². The highest BCUT2D eigenvalue weighted by Crippen LogP contribution is 2.18. The van der Waals surface area contributed by atoms with Crippen molar-refractivity contribution in [3.63, 3.8) is 0 Å². The predicted octanol–water partition coefficient (Wildman–Crippen LogP) is 1.84. The third kappa shape index (κ3) is 8.83. The molecule has 3 amide bonds. The van der Waals surface area contributed by atoms with Gasteiger partial charge >= 0.3 is 18.1 Å².